The van der Waals surface area contributed by atoms with Gasteiger partial charge in [0.1, 0.15) is 0 Å². The molecule has 1 nitrogen and oxygen atoms in total. The fourth-order valence-electron chi connectivity index (χ4n) is 1.95. The molecule has 94 valence electrons. The number of hydrogen-bond donors (Lipinski definition) is 1. The van der Waals surface area contributed by atoms with Gasteiger partial charge in [-0.3, -0.25) is 0 Å². The smallest absolute Gasteiger partial charge is 0.0833 e. The Balaban J connectivity index is 2.25. The summed E-state index contributed by atoms with van der Waals surface area (Å²) in [7, 11) is 0. The molecule has 2 aromatic rings. The van der Waals surface area contributed by atoms with Gasteiger partial charge in [-0.2, -0.15) is 0 Å². The number of aliphatic hydroxyl groups is 1. The lowest BCUT2D eigenvalue weighted by atomic mass is 9.98. The van der Waals surface area contributed by atoms with Crippen LogP contribution < -0.4 is 0 Å². The third kappa shape index (κ3) is 3.14. The maximum atomic E-state index is 10.3. The van der Waals surface area contributed by atoms with E-state index in [1.54, 1.807) is 0 Å². The molecule has 0 aromatic heterocycles. The molecule has 0 saturated heterocycles. The Morgan fingerprint density at radius 3 is 2.67 bits per heavy atom. The summed E-state index contributed by atoms with van der Waals surface area (Å²) in [6.07, 6.45) is 0.0326. The molecule has 1 unspecified atom stereocenters. The standard InChI is InChI=1S/C15H14BrClO/c1-10-6-7-12(17)9-13(10)15(18)8-11-4-2-3-5-14(11)16/h2-7,9,15,18H,8H2,1H3. The molecule has 0 aliphatic rings. The first kappa shape index (κ1) is 13.6. The Morgan fingerprint density at radius 2 is 1.94 bits per heavy atom. The van der Waals surface area contributed by atoms with Gasteiger partial charge in [0, 0.05) is 15.9 Å². The van der Waals surface area contributed by atoms with Crippen molar-refractivity contribution >= 4 is 27.5 Å². The summed E-state index contributed by atoms with van der Waals surface area (Å²) < 4.78 is 1.02. The van der Waals surface area contributed by atoms with Gasteiger partial charge in [0.15, 0.2) is 0 Å². The fraction of sp³-hybridized carbons (Fsp3) is 0.200. The van der Waals surface area contributed by atoms with E-state index in [1.807, 2.05) is 49.4 Å². The van der Waals surface area contributed by atoms with E-state index in [2.05, 4.69) is 15.9 Å². The van der Waals surface area contributed by atoms with Crippen LogP contribution in [0.4, 0.5) is 0 Å². The summed E-state index contributed by atoms with van der Waals surface area (Å²) in [5, 5.41) is 11.0. The van der Waals surface area contributed by atoms with Crippen LogP contribution in [0.3, 0.4) is 0 Å². The summed E-state index contributed by atoms with van der Waals surface area (Å²) in [6.45, 7) is 1.98. The maximum Gasteiger partial charge on any atom is 0.0833 e. The Labute approximate surface area is 121 Å². The fourth-order valence-corrected chi connectivity index (χ4v) is 2.58. The molecule has 0 aliphatic heterocycles. The number of aliphatic hydroxyl groups excluding tert-OH is 1. The third-order valence-electron chi connectivity index (χ3n) is 2.97. The number of aryl methyl sites for hydroxylation is 1. The summed E-state index contributed by atoms with van der Waals surface area (Å²) in [5.41, 5.74) is 3.03. The van der Waals surface area contributed by atoms with E-state index >= 15 is 0 Å². The summed E-state index contributed by atoms with van der Waals surface area (Å²) in [5.74, 6) is 0. The lowest BCUT2D eigenvalue weighted by Crippen LogP contribution is -2.04. The van der Waals surface area contributed by atoms with E-state index in [-0.39, 0.29) is 0 Å². The van der Waals surface area contributed by atoms with Gasteiger partial charge in [0.25, 0.3) is 0 Å². The highest BCUT2D eigenvalue weighted by molar-refractivity contribution is 9.10. The van der Waals surface area contributed by atoms with Crippen LogP contribution in [0.25, 0.3) is 0 Å². The second kappa shape index (κ2) is 5.87. The topological polar surface area (TPSA) is 20.2 Å². The Bertz CT molecular complexity index is 554. The summed E-state index contributed by atoms with van der Waals surface area (Å²) in [4.78, 5) is 0. The maximum absolute atomic E-state index is 10.3. The predicted molar refractivity (Wildman–Crippen MR) is 79.0 cm³/mol. The van der Waals surface area contributed by atoms with Crippen molar-refractivity contribution in [2.45, 2.75) is 19.4 Å². The van der Waals surface area contributed by atoms with Crippen molar-refractivity contribution in [2.24, 2.45) is 0 Å². The number of halogens is 2. The molecule has 3 heteroatoms. The average Bonchev–Trinajstić information content (AvgIpc) is 2.35. The molecular formula is C15H14BrClO. The van der Waals surface area contributed by atoms with Crippen LogP contribution in [0.15, 0.2) is 46.9 Å². The Morgan fingerprint density at radius 1 is 1.22 bits per heavy atom. The highest BCUT2D eigenvalue weighted by Gasteiger charge is 2.13. The number of rotatable bonds is 3. The van der Waals surface area contributed by atoms with Crippen LogP contribution in [0.1, 0.15) is 22.8 Å². The first-order chi connectivity index (χ1) is 8.58. The molecule has 1 atom stereocenters. The zero-order valence-electron chi connectivity index (χ0n) is 10.0. The molecule has 0 amide bonds. The van der Waals surface area contributed by atoms with E-state index < -0.39 is 6.10 Å². The van der Waals surface area contributed by atoms with Crippen molar-refractivity contribution in [1.29, 1.82) is 0 Å². The molecule has 0 radical (unpaired) electrons. The van der Waals surface area contributed by atoms with Crippen molar-refractivity contribution in [3.8, 4) is 0 Å². The molecule has 1 N–H and O–H groups in total. The third-order valence-corrected chi connectivity index (χ3v) is 3.98. The first-order valence-electron chi connectivity index (χ1n) is 5.75. The van der Waals surface area contributed by atoms with Gasteiger partial charge in [-0.25, -0.2) is 0 Å². The van der Waals surface area contributed by atoms with Gasteiger partial charge in [-0.1, -0.05) is 51.8 Å². The molecule has 2 aromatic carbocycles. The van der Waals surface area contributed by atoms with Crippen molar-refractivity contribution < 1.29 is 5.11 Å². The largest absolute Gasteiger partial charge is 0.388 e. The molecule has 0 bridgehead atoms. The summed E-state index contributed by atoms with van der Waals surface area (Å²) in [6, 6.07) is 13.5. The van der Waals surface area contributed by atoms with Crippen LogP contribution in [0.2, 0.25) is 5.02 Å². The van der Waals surface area contributed by atoms with E-state index in [4.69, 9.17) is 11.6 Å². The van der Waals surface area contributed by atoms with Gasteiger partial charge in [0.2, 0.25) is 0 Å². The lowest BCUT2D eigenvalue weighted by Gasteiger charge is -2.15. The molecule has 0 spiro atoms. The monoisotopic (exact) mass is 324 g/mol. The normalized spacial score (nSPS) is 12.4. The molecular weight excluding hydrogens is 312 g/mol. The van der Waals surface area contributed by atoms with Crippen LogP contribution in [-0.2, 0) is 6.42 Å². The van der Waals surface area contributed by atoms with E-state index in [0.29, 0.717) is 11.4 Å². The minimum Gasteiger partial charge on any atom is -0.388 e. The lowest BCUT2D eigenvalue weighted by molar-refractivity contribution is 0.177. The Hall–Kier alpha value is -0.830. The van der Waals surface area contributed by atoms with Crippen molar-refractivity contribution in [1.82, 2.24) is 0 Å². The molecule has 0 aliphatic carbocycles. The van der Waals surface area contributed by atoms with Crippen molar-refractivity contribution in [2.75, 3.05) is 0 Å². The number of hydrogen-bond acceptors (Lipinski definition) is 1. The van der Waals surface area contributed by atoms with E-state index in [9.17, 15) is 5.11 Å². The van der Waals surface area contributed by atoms with Gasteiger partial charge < -0.3 is 5.11 Å². The minimum absolute atomic E-state index is 0.539. The van der Waals surface area contributed by atoms with E-state index in [0.717, 1.165) is 21.2 Å². The highest BCUT2D eigenvalue weighted by atomic mass is 79.9. The second-order valence-electron chi connectivity index (χ2n) is 4.31. The average molecular weight is 326 g/mol. The molecule has 0 saturated carbocycles. The highest BCUT2D eigenvalue weighted by Crippen LogP contribution is 2.27. The first-order valence-corrected chi connectivity index (χ1v) is 6.92. The van der Waals surface area contributed by atoms with Gasteiger partial charge in [-0.15, -0.1) is 0 Å². The van der Waals surface area contributed by atoms with Crippen LogP contribution in [0, 0.1) is 6.92 Å². The minimum atomic E-state index is -0.539. The van der Waals surface area contributed by atoms with Gasteiger partial charge in [-0.05, 0) is 41.8 Å². The quantitative estimate of drug-likeness (QED) is 0.868. The molecule has 0 fully saturated rings. The molecule has 0 heterocycles. The Kier molecular flexibility index (Phi) is 4.44. The molecule has 2 rings (SSSR count). The van der Waals surface area contributed by atoms with E-state index in [1.165, 1.54) is 0 Å². The predicted octanol–water partition coefficient (Wildman–Crippen LogP) is 4.69. The van der Waals surface area contributed by atoms with Crippen molar-refractivity contribution in [3.63, 3.8) is 0 Å². The SMILES string of the molecule is Cc1ccc(Cl)cc1C(O)Cc1ccccc1Br. The van der Waals surface area contributed by atoms with Crippen molar-refractivity contribution in [3.05, 3.63) is 68.7 Å². The van der Waals surface area contributed by atoms with Crippen LogP contribution in [-0.4, -0.2) is 5.11 Å². The number of benzene rings is 2. The van der Waals surface area contributed by atoms with Crippen LogP contribution in [0.5, 0.6) is 0 Å². The zero-order valence-corrected chi connectivity index (χ0v) is 12.4. The zero-order chi connectivity index (χ0) is 13.1. The molecule has 18 heavy (non-hydrogen) atoms. The van der Waals surface area contributed by atoms with Gasteiger partial charge >= 0.3 is 0 Å². The summed E-state index contributed by atoms with van der Waals surface area (Å²) >= 11 is 9.47. The van der Waals surface area contributed by atoms with Crippen LogP contribution >= 0.6 is 27.5 Å². The van der Waals surface area contributed by atoms with Gasteiger partial charge in [0.05, 0.1) is 6.10 Å². The second-order valence-corrected chi connectivity index (χ2v) is 5.60.